The number of benzene rings is 1. The first-order chi connectivity index (χ1) is 9.70. The maximum atomic E-state index is 11.1. The zero-order chi connectivity index (χ0) is 15.8. The van der Waals surface area contributed by atoms with Crippen LogP contribution in [0.4, 0.5) is 11.5 Å². The molecule has 0 aliphatic heterocycles. The number of halogens is 1. The number of nitro groups is 1. The van der Waals surface area contributed by atoms with Crippen molar-refractivity contribution in [3.05, 3.63) is 44.5 Å². The van der Waals surface area contributed by atoms with Crippen LogP contribution >= 0.6 is 15.9 Å². The number of nitro benzene ring substituents is 1. The molecule has 0 atom stereocenters. The number of nitrogens with two attached hydrogens (primary N) is 1. The van der Waals surface area contributed by atoms with Crippen LogP contribution < -0.4 is 5.73 Å². The number of nitrogen functional groups attached to an aromatic ring is 1. The molecule has 0 bridgehead atoms. The van der Waals surface area contributed by atoms with Gasteiger partial charge in [0.05, 0.1) is 15.1 Å². The van der Waals surface area contributed by atoms with Crippen LogP contribution in [0.15, 0.2) is 28.7 Å². The van der Waals surface area contributed by atoms with Crippen LogP contribution in [0.2, 0.25) is 0 Å². The van der Waals surface area contributed by atoms with Gasteiger partial charge in [-0.3, -0.25) is 10.1 Å². The van der Waals surface area contributed by atoms with Crippen molar-refractivity contribution in [2.75, 3.05) is 5.73 Å². The van der Waals surface area contributed by atoms with Crippen molar-refractivity contribution < 1.29 is 4.92 Å². The number of nitrogens with zero attached hydrogens (tertiary/aromatic N) is 3. The van der Waals surface area contributed by atoms with Crippen molar-refractivity contribution in [3.63, 3.8) is 0 Å². The van der Waals surface area contributed by atoms with E-state index in [1.54, 1.807) is 18.2 Å². The highest BCUT2D eigenvalue weighted by molar-refractivity contribution is 9.10. The van der Waals surface area contributed by atoms with Gasteiger partial charge in [-0.2, -0.15) is 5.10 Å². The summed E-state index contributed by atoms with van der Waals surface area (Å²) < 4.78 is 2.11. The van der Waals surface area contributed by atoms with Gasteiger partial charge in [-0.25, -0.2) is 4.68 Å². The van der Waals surface area contributed by atoms with Crippen LogP contribution in [0, 0.1) is 15.5 Å². The maximum absolute atomic E-state index is 11.1. The van der Waals surface area contributed by atoms with E-state index in [1.807, 2.05) is 0 Å². The van der Waals surface area contributed by atoms with Crippen LogP contribution in [-0.4, -0.2) is 14.7 Å². The molecule has 7 heteroatoms. The predicted molar refractivity (Wildman–Crippen MR) is 85.5 cm³/mol. The minimum atomic E-state index is -0.437. The Kier molecular flexibility index (Phi) is 4.04. The molecule has 0 spiro atoms. The van der Waals surface area contributed by atoms with Crippen molar-refractivity contribution in [2.24, 2.45) is 5.41 Å². The van der Waals surface area contributed by atoms with Crippen molar-refractivity contribution >= 4 is 27.4 Å². The highest BCUT2D eigenvalue weighted by Gasteiger charge is 2.23. The first-order valence-electron chi connectivity index (χ1n) is 6.47. The van der Waals surface area contributed by atoms with Gasteiger partial charge in [0.2, 0.25) is 0 Å². The molecule has 0 aliphatic carbocycles. The van der Waals surface area contributed by atoms with Gasteiger partial charge in [-0.15, -0.1) is 0 Å². The Morgan fingerprint density at radius 3 is 2.57 bits per heavy atom. The van der Waals surface area contributed by atoms with Gasteiger partial charge in [0, 0.05) is 6.07 Å². The van der Waals surface area contributed by atoms with Gasteiger partial charge in [-0.1, -0.05) is 32.9 Å². The smallest absolute Gasteiger partial charge is 0.294 e. The van der Waals surface area contributed by atoms with Crippen LogP contribution in [0.5, 0.6) is 0 Å². The fraction of sp³-hybridized carbons (Fsp3) is 0.357. The summed E-state index contributed by atoms with van der Waals surface area (Å²) in [6.07, 6.45) is 0.714. The van der Waals surface area contributed by atoms with E-state index in [2.05, 4.69) is 41.8 Å². The lowest BCUT2D eigenvalue weighted by molar-refractivity contribution is -0.384. The fourth-order valence-corrected chi connectivity index (χ4v) is 2.44. The van der Waals surface area contributed by atoms with Gasteiger partial charge in [0.1, 0.15) is 11.5 Å². The zero-order valence-corrected chi connectivity index (χ0v) is 13.7. The van der Waals surface area contributed by atoms with Crippen LogP contribution in [-0.2, 0) is 6.42 Å². The Morgan fingerprint density at radius 1 is 1.38 bits per heavy atom. The van der Waals surface area contributed by atoms with Crippen LogP contribution in [0.1, 0.15) is 26.5 Å². The van der Waals surface area contributed by atoms with E-state index < -0.39 is 4.92 Å². The lowest BCUT2D eigenvalue weighted by Gasteiger charge is -2.16. The molecule has 0 aliphatic rings. The first kappa shape index (κ1) is 15.5. The monoisotopic (exact) mass is 352 g/mol. The summed E-state index contributed by atoms with van der Waals surface area (Å²) in [5.41, 5.74) is 7.22. The van der Waals surface area contributed by atoms with E-state index in [0.717, 1.165) is 5.69 Å². The summed E-state index contributed by atoms with van der Waals surface area (Å²) in [6, 6.07) is 6.41. The summed E-state index contributed by atoms with van der Waals surface area (Å²) in [5, 5.41) is 15.6. The zero-order valence-electron chi connectivity index (χ0n) is 12.1. The second-order valence-corrected chi connectivity index (χ2v) is 6.83. The predicted octanol–water partition coefficient (Wildman–Crippen LogP) is 3.71. The number of aromatic nitrogens is 2. The molecule has 1 aromatic heterocycles. The fourth-order valence-electron chi connectivity index (χ4n) is 2.06. The normalized spacial score (nSPS) is 11.6. The number of rotatable bonds is 3. The summed E-state index contributed by atoms with van der Waals surface area (Å²) in [7, 11) is 0. The quantitative estimate of drug-likeness (QED) is 0.673. The second-order valence-electron chi connectivity index (χ2n) is 6.04. The molecule has 0 radical (unpaired) electrons. The van der Waals surface area contributed by atoms with Crippen LogP contribution in [0.3, 0.4) is 0 Å². The Bertz CT molecular complexity index is 689. The Morgan fingerprint density at radius 2 is 2.00 bits per heavy atom. The molecule has 1 aromatic carbocycles. The molecule has 2 N–H and O–H groups in total. The second kappa shape index (κ2) is 5.48. The summed E-state index contributed by atoms with van der Waals surface area (Å²) >= 11 is 3.43. The van der Waals surface area contributed by atoms with E-state index in [4.69, 9.17) is 5.73 Å². The van der Waals surface area contributed by atoms with E-state index in [-0.39, 0.29) is 11.1 Å². The van der Waals surface area contributed by atoms with Crippen molar-refractivity contribution in [1.82, 2.24) is 9.78 Å². The highest BCUT2D eigenvalue weighted by atomic mass is 79.9. The Hall–Kier alpha value is -1.89. The summed E-state index contributed by atoms with van der Waals surface area (Å²) in [6.45, 7) is 6.29. The molecule has 0 saturated carbocycles. The number of hydrogen-bond donors (Lipinski definition) is 1. The Balaban J connectivity index is 2.56. The van der Waals surface area contributed by atoms with E-state index >= 15 is 0 Å². The van der Waals surface area contributed by atoms with Crippen molar-refractivity contribution in [1.29, 1.82) is 0 Å². The van der Waals surface area contributed by atoms with Gasteiger partial charge < -0.3 is 5.73 Å². The molecule has 0 saturated heterocycles. The molecule has 2 rings (SSSR count). The summed E-state index contributed by atoms with van der Waals surface area (Å²) in [4.78, 5) is 10.7. The van der Waals surface area contributed by atoms with Gasteiger partial charge in [0.25, 0.3) is 5.69 Å². The minimum Gasteiger partial charge on any atom is -0.383 e. The van der Waals surface area contributed by atoms with Gasteiger partial charge in [0.15, 0.2) is 0 Å². The largest absolute Gasteiger partial charge is 0.383 e. The maximum Gasteiger partial charge on any atom is 0.294 e. The van der Waals surface area contributed by atoms with Crippen LogP contribution in [0.25, 0.3) is 5.69 Å². The Labute approximate surface area is 131 Å². The number of anilines is 1. The molecular weight excluding hydrogens is 336 g/mol. The molecule has 0 unspecified atom stereocenters. The molecule has 21 heavy (non-hydrogen) atoms. The number of hydrogen-bond acceptors (Lipinski definition) is 4. The lowest BCUT2D eigenvalue weighted by Crippen LogP contribution is -2.10. The standard InChI is InChI=1S/C14H17BrN4O2/c1-14(2,3)8-9-12(15)13(16)18(17-9)10-6-4-5-7-11(10)19(20)21/h4-7H,8,16H2,1-3H3. The molecule has 6 nitrogen and oxygen atoms in total. The third-order valence-corrected chi connectivity index (χ3v) is 3.80. The third-order valence-electron chi connectivity index (χ3n) is 2.93. The van der Waals surface area contributed by atoms with E-state index in [9.17, 15) is 10.1 Å². The minimum absolute atomic E-state index is 0.0264. The molecule has 2 aromatic rings. The first-order valence-corrected chi connectivity index (χ1v) is 7.26. The average molecular weight is 353 g/mol. The SMILES string of the molecule is CC(C)(C)Cc1nn(-c2ccccc2[N+](=O)[O-])c(N)c1Br. The van der Waals surface area contributed by atoms with Crippen molar-refractivity contribution in [2.45, 2.75) is 27.2 Å². The average Bonchev–Trinajstić information content (AvgIpc) is 2.65. The lowest BCUT2D eigenvalue weighted by atomic mass is 9.91. The third kappa shape index (κ3) is 3.24. The molecule has 0 fully saturated rings. The topological polar surface area (TPSA) is 87.0 Å². The molecular formula is C14H17BrN4O2. The summed E-state index contributed by atoms with van der Waals surface area (Å²) in [5.74, 6) is 0.364. The van der Waals surface area contributed by atoms with E-state index in [1.165, 1.54) is 10.7 Å². The molecule has 112 valence electrons. The van der Waals surface area contributed by atoms with E-state index in [0.29, 0.717) is 22.4 Å². The highest BCUT2D eigenvalue weighted by Crippen LogP contribution is 2.33. The van der Waals surface area contributed by atoms with Gasteiger partial charge >= 0.3 is 0 Å². The van der Waals surface area contributed by atoms with Gasteiger partial charge in [-0.05, 0) is 33.8 Å². The molecule has 0 amide bonds. The van der Waals surface area contributed by atoms with Crippen molar-refractivity contribution in [3.8, 4) is 5.69 Å². The number of para-hydroxylation sites is 2. The molecule has 1 heterocycles.